The molecule has 0 amide bonds. The third-order valence-corrected chi connectivity index (χ3v) is 3.38. The summed E-state index contributed by atoms with van der Waals surface area (Å²) in [7, 11) is 0. The highest BCUT2D eigenvalue weighted by atomic mass is 19.1. The van der Waals surface area contributed by atoms with E-state index in [-0.39, 0.29) is 5.82 Å². The average Bonchev–Trinajstić information content (AvgIpc) is 2.73. The Hall–Kier alpha value is -1.57. The fraction of sp³-hybridized carbons (Fsp3) is 0.143. The van der Waals surface area contributed by atoms with Crippen molar-refractivity contribution in [3.63, 3.8) is 0 Å². The Kier molecular flexibility index (Phi) is 2.28. The molecule has 0 spiro atoms. The van der Waals surface area contributed by atoms with Crippen molar-refractivity contribution in [1.29, 1.82) is 0 Å². The molecule has 1 heterocycles. The van der Waals surface area contributed by atoms with Crippen LogP contribution in [0, 0.1) is 5.82 Å². The van der Waals surface area contributed by atoms with Crippen LogP contribution in [0.3, 0.4) is 0 Å². The molecule has 0 saturated carbocycles. The molecule has 0 unspecified atom stereocenters. The van der Waals surface area contributed by atoms with Gasteiger partial charge in [-0.15, -0.1) is 0 Å². The summed E-state index contributed by atoms with van der Waals surface area (Å²) in [5, 5.41) is 0. The molecule has 0 atom stereocenters. The summed E-state index contributed by atoms with van der Waals surface area (Å²) >= 11 is 0. The monoisotopic (exact) mass is 210 g/mol. The number of benzene rings is 2. The lowest BCUT2D eigenvalue weighted by molar-refractivity contribution is 0.626. The minimum absolute atomic E-state index is 0.118. The zero-order chi connectivity index (χ0) is 11.0. The van der Waals surface area contributed by atoms with E-state index in [9.17, 15) is 4.39 Å². The second-order valence-corrected chi connectivity index (χ2v) is 4.35. The van der Waals surface area contributed by atoms with Crippen LogP contribution in [0.2, 0.25) is 6.32 Å². The highest BCUT2D eigenvalue weighted by Crippen LogP contribution is 2.15. The first-order valence-electron chi connectivity index (χ1n) is 5.68. The number of halogens is 1. The molecule has 0 saturated heterocycles. The molecule has 0 bridgehead atoms. The van der Waals surface area contributed by atoms with Gasteiger partial charge in [-0.2, -0.15) is 0 Å². The van der Waals surface area contributed by atoms with Crippen LogP contribution in [-0.2, 0) is 6.42 Å². The lowest BCUT2D eigenvalue weighted by Gasteiger charge is -2.08. The van der Waals surface area contributed by atoms with E-state index in [1.807, 2.05) is 12.1 Å². The minimum atomic E-state index is -0.118. The van der Waals surface area contributed by atoms with Gasteiger partial charge < -0.3 is 0 Å². The Morgan fingerprint density at radius 2 is 1.81 bits per heavy atom. The molecule has 78 valence electrons. The van der Waals surface area contributed by atoms with E-state index in [2.05, 4.69) is 24.3 Å². The quantitative estimate of drug-likeness (QED) is 0.631. The van der Waals surface area contributed by atoms with Crippen LogP contribution in [0.15, 0.2) is 48.5 Å². The van der Waals surface area contributed by atoms with E-state index in [0.717, 1.165) is 12.7 Å². The summed E-state index contributed by atoms with van der Waals surface area (Å²) < 4.78 is 13.1. The first-order chi connectivity index (χ1) is 7.84. The summed E-state index contributed by atoms with van der Waals surface area (Å²) in [6, 6.07) is 15.7. The lowest BCUT2D eigenvalue weighted by Crippen LogP contribution is -2.39. The Balaban J connectivity index is 2.04. The molecule has 0 fully saturated rings. The van der Waals surface area contributed by atoms with Gasteiger partial charge in [-0.05, 0) is 18.6 Å². The van der Waals surface area contributed by atoms with E-state index in [1.54, 1.807) is 12.1 Å². The first-order valence-corrected chi connectivity index (χ1v) is 5.68. The van der Waals surface area contributed by atoms with Crippen LogP contribution >= 0.6 is 0 Å². The SMILES string of the molecule is Fc1ccc2c(c1)CCB2c1ccccc1. The molecule has 0 aromatic heterocycles. The van der Waals surface area contributed by atoms with Crippen LogP contribution in [0.4, 0.5) is 4.39 Å². The number of hydrogen-bond donors (Lipinski definition) is 0. The van der Waals surface area contributed by atoms with Gasteiger partial charge in [0, 0.05) is 0 Å². The largest absolute Gasteiger partial charge is 0.209 e. The van der Waals surface area contributed by atoms with Crippen LogP contribution in [0.25, 0.3) is 0 Å². The van der Waals surface area contributed by atoms with Gasteiger partial charge in [-0.25, -0.2) is 4.39 Å². The van der Waals surface area contributed by atoms with E-state index in [1.165, 1.54) is 16.5 Å². The highest BCUT2D eigenvalue weighted by molar-refractivity contribution is 6.86. The fourth-order valence-corrected chi connectivity index (χ4v) is 2.62. The molecule has 2 aromatic rings. The molecule has 0 radical (unpaired) electrons. The molecule has 2 aromatic carbocycles. The Bertz CT molecular complexity index is 507. The van der Waals surface area contributed by atoms with E-state index in [0.29, 0.717) is 6.71 Å². The predicted octanol–water partition coefficient (Wildman–Crippen LogP) is 1.99. The zero-order valence-corrected chi connectivity index (χ0v) is 8.99. The van der Waals surface area contributed by atoms with Gasteiger partial charge in [-0.1, -0.05) is 59.2 Å². The third kappa shape index (κ3) is 1.55. The second kappa shape index (κ2) is 3.78. The third-order valence-electron chi connectivity index (χ3n) is 3.38. The number of aryl methyl sites for hydroxylation is 1. The molecule has 16 heavy (non-hydrogen) atoms. The van der Waals surface area contributed by atoms with Crippen molar-refractivity contribution >= 4 is 17.6 Å². The second-order valence-electron chi connectivity index (χ2n) is 4.35. The maximum atomic E-state index is 13.1. The Morgan fingerprint density at radius 3 is 2.62 bits per heavy atom. The summed E-state index contributed by atoms with van der Waals surface area (Å²) in [6.45, 7) is 0.455. The van der Waals surface area contributed by atoms with Gasteiger partial charge in [0.25, 0.3) is 0 Å². The Labute approximate surface area is 95.2 Å². The van der Waals surface area contributed by atoms with Gasteiger partial charge in [0.05, 0.1) is 0 Å². The maximum Gasteiger partial charge on any atom is 0.209 e. The van der Waals surface area contributed by atoms with Crippen molar-refractivity contribution in [3.8, 4) is 0 Å². The molecular weight excluding hydrogens is 198 g/mol. The average molecular weight is 210 g/mol. The molecular formula is C14H12BF. The highest BCUT2D eigenvalue weighted by Gasteiger charge is 2.27. The molecule has 1 aliphatic rings. The van der Waals surface area contributed by atoms with Crippen LogP contribution in [-0.4, -0.2) is 6.71 Å². The van der Waals surface area contributed by atoms with Gasteiger partial charge in [-0.3, -0.25) is 0 Å². The lowest BCUT2D eigenvalue weighted by atomic mass is 9.41. The molecule has 0 aliphatic carbocycles. The van der Waals surface area contributed by atoms with Crippen molar-refractivity contribution in [1.82, 2.24) is 0 Å². The summed E-state index contributed by atoms with van der Waals surface area (Å²) in [5.74, 6) is -0.118. The van der Waals surface area contributed by atoms with Crippen LogP contribution in [0.5, 0.6) is 0 Å². The maximum absolute atomic E-state index is 13.1. The molecule has 0 N–H and O–H groups in total. The standard InChI is InChI=1S/C14H12BF/c16-13-6-7-14-11(10-13)8-9-15(14)12-4-2-1-3-5-12/h1-7,10H,8-9H2. The normalized spacial score (nSPS) is 13.9. The van der Waals surface area contributed by atoms with Gasteiger partial charge in [0.2, 0.25) is 6.71 Å². The molecule has 3 rings (SSSR count). The number of hydrogen-bond acceptors (Lipinski definition) is 0. The topological polar surface area (TPSA) is 0 Å². The summed E-state index contributed by atoms with van der Waals surface area (Å²) in [6.07, 6.45) is 2.09. The number of fused-ring (bicyclic) bond motifs is 1. The smallest absolute Gasteiger partial charge is 0.207 e. The van der Waals surface area contributed by atoms with Gasteiger partial charge >= 0.3 is 0 Å². The van der Waals surface area contributed by atoms with Crippen molar-refractivity contribution in [2.75, 3.05) is 0 Å². The zero-order valence-electron chi connectivity index (χ0n) is 8.99. The summed E-state index contributed by atoms with van der Waals surface area (Å²) in [5.41, 5.74) is 3.81. The molecule has 0 nitrogen and oxygen atoms in total. The van der Waals surface area contributed by atoms with Crippen molar-refractivity contribution < 1.29 is 4.39 Å². The van der Waals surface area contributed by atoms with E-state index >= 15 is 0 Å². The predicted molar refractivity (Wildman–Crippen MR) is 66.4 cm³/mol. The number of rotatable bonds is 1. The van der Waals surface area contributed by atoms with Gasteiger partial charge in [0.15, 0.2) is 0 Å². The minimum Gasteiger partial charge on any atom is -0.207 e. The van der Waals surface area contributed by atoms with Crippen molar-refractivity contribution in [2.45, 2.75) is 12.7 Å². The molecule has 1 aliphatic heterocycles. The van der Waals surface area contributed by atoms with E-state index in [4.69, 9.17) is 0 Å². The summed E-state index contributed by atoms with van der Waals surface area (Å²) in [4.78, 5) is 0. The van der Waals surface area contributed by atoms with Crippen molar-refractivity contribution in [2.24, 2.45) is 0 Å². The molecule has 2 heteroatoms. The Morgan fingerprint density at radius 1 is 1.00 bits per heavy atom. The fourth-order valence-electron chi connectivity index (χ4n) is 2.62. The van der Waals surface area contributed by atoms with Crippen LogP contribution in [0.1, 0.15) is 5.56 Å². The van der Waals surface area contributed by atoms with Gasteiger partial charge in [0.1, 0.15) is 5.82 Å². The first kappa shape index (κ1) is 9.65. The van der Waals surface area contributed by atoms with E-state index < -0.39 is 0 Å². The van der Waals surface area contributed by atoms with Crippen LogP contribution < -0.4 is 10.9 Å². The van der Waals surface area contributed by atoms with Crippen molar-refractivity contribution in [3.05, 3.63) is 59.9 Å².